The highest BCUT2D eigenvalue weighted by Gasteiger charge is 2.65. The maximum Gasteiger partial charge on any atom is 0.0104 e. The minimum atomic E-state index is 0.746. The zero-order chi connectivity index (χ0) is 39.6. The lowest BCUT2D eigenvalue weighted by Gasteiger charge is -2.58. The van der Waals surface area contributed by atoms with Crippen LogP contribution >= 0.6 is 0 Å². The van der Waals surface area contributed by atoms with Crippen LogP contribution in [0.3, 0.4) is 0 Å². The Morgan fingerprint density at radius 3 is 1.35 bits per heavy atom. The molecule has 12 unspecified atom stereocenters. The molecule has 12 rings (SSSR count). The first kappa shape index (κ1) is 41.4. The molecule has 338 valence electrons. The fraction of sp³-hybridized carbons (Fsp3) is 1.00. The highest BCUT2D eigenvalue weighted by atomic mass is 15.2. The van der Waals surface area contributed by atoms with E-state index in [4.69, 9.17) is 0 Å². The smallest absolute Gasteiger partial charge is 0.0104 e. The summed E-state index contributed by atoms with van der Waals surface area (Å²) >= 11 is 0. The highest BCUT2D eigenvalue weighted by Crippen LogP contribution is 2.72. The molecule has 12 atom stereocenters. The maximum atomic E-state index is 3.49. The number of rotatable bonds is 7. The van der Waals surface area contributed by atoms with Gasteiger partial charge in [-0.05, 0) is 235 Å². The van der Waals surface area contributed by atoms with Crippen molar-refractivity contribution in [2.24, 2.45) is 100 Å². The molecule has 0 saturated heterocycles. The van der Waals surface area contributed by atoms with E-state index in [0.717, 1.165) is 118 Å². The summed E-state index contributed by atoms with van der Waals surface area (Å²) in [5.41, 5.74) is 0.746. The summed E-state index contributed by atoms with van der Waals surface area (Å²) in [6.45, 7) is 0. The van der Waals surface area contributed by atoms with E-state index in [1.165, 1.54) is 6.42 Å². The van der Waals surface area contributed by atoms with Crippen LogP contribution in [-0.2, 0) is 0 Å². The molecule has 0 bridgehead atoms. The number of hydrogen-bond donors (Lipinski definition) is 0. The normalized spacial score (nSPS) is 51.6. The van der Waals surface area contributed by atoms with Crippen molar-refractivity contribution in [3.05, 3.63) is 0 Å². The molecule has 0 aromatic heterocycles. The van der Waals surface area contributed by atoms with Crippen molar-refractivity contribution < 1.29 is 0 Å². The van der Waals surface area contributed by atoms with Gasteiger partial charge < -0.3 is 0 Å². The van der Waals surface area contributed by atoms with Gasteiger partial charge in [-0.15, -0.1) is 0 Å². The molecule has 1 heteroatoms. The third kappa shape index (κ3) is 7.35. The maximum absolute atomic E-state index is 3.49. The van der Waals surface area contributed by atoms with Crippen molar-refractivity contribution in [1.29, 1.82) is 0 Å². The third-order valence-electron chi connectivity index (χ3n) is 24.7. The molecule has 12 aliphatic carbocycles. The molecule has 0 N–H and O–H groups in total. The lowest BCUT2D eigenvalue weighted by molar-refractivity contribution is -0.0887. The van der Waals surface area contributed by atoms with E-state index in [2.05, 4.69) is 4.90 Å². The van der Waals surface area contributed by atoms with Gasteiger partial charge in [0.15, 0.2) is 0 Å². The zero-order valence-corrected chi connectivity index (χ0v) is 39.5. The average molecular weight is 820 g/mol. The molecular weight excluding hydrogens is 723 g/mol. The van der Waals surface area contributed by atoms with E-state index in [0.29, 0.717) is 0 Å². The van der Waals surface area contributed by atoms with E-state index in [9.17, 15) is 0 Å². The second-order valence-electron chi connectivity index (χ2n) is 26.5. The van der Waals surface area contributed by atoms with Gasteiger partial charge in [0.05, 0.1) is 0 Å². The first-order valence-corrected chi connectivity index (χ1v) is 29.5. The Bertz CT molecular complexity index is 1350. The molecule has 0 amide bonds. The van der Waals surface area contributed by atoms with Crippen LogP contribution in [0.5, 0.6) is 0 Å². The largest absolute Gasteiger partial charge is 0.294 e. The van der Waals surface area contributed by atoms with Gasteiger partial charge >= 0.3 is 0 Å². The molecule has 0 spiro atoms. The first-order valence-electron chi connectivity index (χ1n) is 29.5. The predicted octanol–water partition coefficient (Wildman–Crippen LogP) is 16.6. The standard InChI is InChI=1S/C59H97N/c1-3-14-40(15-4-1)41-26-30-49(31-27-41)60(51-34-35-53-46(39-51)38-44-18-13-23-52(58(44)53)45-36-42-16-7-8-17-43(42)37-45)50-32-28-48(29-33-50)59(47-19-5-2-6-20-47)56-24-11-9-21-54(56)55-22-10-12-25-57(55)59/h40-58H,1-39H2. The average Bonchev–Trinajstić information content (AvgIpc) is 4.01. The van der Waals surface area contributed by atoms with Crippen molar-refractivity contribution in [2.45, 2.75) is 269 Å². The van der Waals surface area contributed by atoms with Gasteiger partial charge in [-0.3, -0.25) is 4.90 Å². The Hall–Kier alpha value is -0.0400. The van der Waals surface area contributed by atoms with Gasteiger partial charge in [-0.2, -0.15) is 0 Å². The molecule has 12 fully saturated rings. The van der Waals surface area contributed by atoms with E-state index in [1.807, 2.05) is 0 Å². The van der Waals surface area contributed by atoms with Gasteiger partial charge in [0, 0.05) is 18.1 Å². The van der Waals surface area contributed by atoms with Gasteiger partial charge in [-0.25, -0.2) is 0 Å². The fourth-order valence-corrected chi connectivity index (χ4v) is 22.9. The molecule has 60 heavy (non-hydrogen) atoms. The van der Waals surface area contributed by atoms with Crippen molar-refractivity contribution in [3.8, 4) is 0 Å². The van der Waals surface area contributed by atoms with Crippen LogP contribution in [0.25, 0.3) is 0 Å². The molecule has 0 aromatic carbocycles. The van der Waals surface area contributed by atoms with E-state index >= 15 is 0 Å². The lowest BCUT2D eigenvalue weighted by atomic mass is 9.48. The summed E-state index contributed by atoms with van der Waals surface area (Å²) in [6.07, 6.45) is 62.3. The Balaban J connectivity index is 0.786. The summed E-state index contributed by atoms with van der Waals surface area (Å²) in [5, 5.41) is 0. The fourth-order valence-electron chi connectivity index (χ4n) is 22.9. The van der Waals surface area contributed by atoms with Crippen LogP contribution in [0.2, 0.25) is 0 Å². The van der Waals surface area contributed by atoms with Crippen molar-refractivity contribution >= 4 is 0 Å². The van der Waals surface area contributed by atoms with Crippen LogP contribution in [-0.4, -0.2) is 23.0 Å². The van der Waals surface area contributed by atoms with Crippen LogP contribution in [0.15, 0.2) is 0 Å². The summed E-state index contributed by atoms with van der Waals surface area (Å²) in [7, 11) is 0. The van der Waals surface area contributed by atoms with Gasteiger partial charge in [0.2, 0.25) is 0 Å². The molecule has 12 aliphatic rings. The summed E-state index contributed by atoms with van der Waals surface area (Å²) in [6, 6.07) is 2.78. The Morgan fingerprint density at radius 2 is 0.683 bits per heavy atom. The second kappa shape index (κ2) is 18.0. The molecule has 0 aromatic rings. The highest BCUT2D eigenvalue weighted by molar-refractivity contribution is 5.14. The van der Waals surface area contributed by atoms with Crippen molar-refractivity contribution in [2.75, 3.05) is 0 Å². The molecular formula is C59H97N. The van der Waals surface area contributed by atoms with Crippen LogP contribution in [0, 0.1) is 100 Å². The van der Waals surface area contributed by atoms with Gasteiger partial charge in [-0.1, -0.05) is 116 Å². The van der Waals surface area contributed by atoms with E-state index in [-0.39, 0.29) is 0 Å². The first-order chi connectivity index (χ1) is 29.7. The minimum absolute atomic E-state index is 0.746. The van der Waals surface area contributed by atoms with Gasteiger partial charge in [0.1, 0.15) is 0 Å². The quantitative estimate of drug-likeness (QED) is 0.247. The number of nitrogens with zero attached hydrogens (tertiary/aromatic N) is 1. The zero-order valence-electron chi connectivity index (χ0n) is 39.5. The summed E-state index contributed by atoms with van der Waals surface area (Å²) < 4.78 is 0. The summed E-state index contributed by atoms with van der Waals surface area (Å²) in [4.78, 5) is 3.49. The van der Waals surface area contributed by atoms with E-state index < -0.39 is 0 Å². The monoisotopic (exact) mass is 820 g/mol. The second-order valence-corrected chi connectivity index (χ2v) is 26.5. The predicted molar refractivity (Wildman–Crippen MR) is 252 cm³/mol. The third-order valence-corrected chi connectivity index (χ3v) is 24.7. The molecule has 12 saturated carbocycles. The topological polar surface area (TPSA) is 3.24 Å². The Kier molecular flexibility index (Phi) is 12.4. The van der Waals surface area contributed by atoms with Crippen LogP contribution in [0.4, 0.5) is 0 Å². The number of fused-ring (bicyclic) bond motifs is 7. The molecule has 0 heterocycles. The summed E-state index contributed by atoms with van der Waals surface area (Å²) in [5.74, 6) is 17.8. The van der Waals surface area contributed by atoms with Crippen LogP contribution in [0.1, 0.15) is 250 Å². The Labute approximate surface area is 372 Å². The molecule has 0 aliphatic heterocycles. The van der Waals surface area contributed by atoms with Crippen molar-refractivity contribution in [1.82, 2.24) is 4.90 Å². The van der Waals surface area contributed by atoms with Crippen LogP contribution < -0.4 is 0 Å². The Morgan fingerprint density at radius 1 is 0.250 bits per heavy atom. The minimum Gasteiger partial charge on any atom is -0.294 e. The van der Waals surface area contributed by atoms with Gasteiger partial charge in [0.25, 0.3) is 0 Å². The SMILES string of the molecule is C1CCC(C2CCC(N(C3CCC(C4(C5CCCCC5)C5CCCCC5C5CCCCC54)CC3)C3CCC4C(CC5CCCC(C6CC7CCCCC7C6)C54)C3)CC2)CC1. The molecule has 0 radical (unpaired) electrons. The number of hydrogen-bond acceptors (Lipinski definition) is 1. The van der Waals surface area contributed by atoms with E-state index in [1.54, 1.807) is 244 Å². The molecule has 1 nitrogen and oxygen atoms in total. The van der Waals surface area contributed by atoms with Crippen molar-refractivity contribution in [3.63, 3.8) is 0 Å². The lowest BCUT2D eigenvalue weighted by Crippen LogP contribution is -2.55.